The molecule has 2 heterocycles. The molecule has 1 N–H and O–H groups in total. The lowest BCUT2D eigenvalue weighted by molar-refractivity contribution is 0.161. The Balaban J connectivity index is 0.00000162. The lowest BCUT2D eigenvalue weighted by Gasteiger charge is -2.35. The molecule has 2 atom stereocenters. The smallest absolute Gasteiger partial charge is 0.226 e. The maximum Gasteiger partial charge on any atom is 0.226 e. The molecular formula is C12H23ClN4O. The highest BCUT2D eigenvalue weighted by Gasteiger charge is 2.22. The third-order valence-electron chi connectivity index (χ3n) is 2.97. The summed E-state index contributed by atoms with van der Waals surface area (Å²) < 4.78 is 5.20. The Morgan fingerprint density at radius 3 is 2.61 bits per heavy atom. The van der Waals surface area contributed by atoms with Crippen molar-refractivity contribution in [3.8, 4) is 0 Å². The van der Waals surface area contributed by atoms with E-state index >= 15 is 0 Å². The molecule has 104 valence electrons. The molecule has 1 fully saturated rings. The second kappa shape index (κ2) is 7.07. The van der Waals surface area contributed by atoms with Gasteiger partial charge in [0.05, 0.1) is 6.54 Å². The van der Waals surface area contributed by atoms with Gasteiger partial charge in [-0.05, 0) is 20.3 Å². The molecule has 0 radical (unpaired) electrons. The summed E-state index contributed by atoms with van der Waals surface area (Å²) in [4.78, 5) is 6.79. The van der Waals surface area contributed by atoms with Crippen LogP contribution in [0, 0.1) is 0 Å². The van der Waals surface area contributed by atoms with E-state index in [2.05, 4.69) is 41.1 Å². The predicted octanol–water partition coefficient (Wildman–Crippen LogP) is 1.63. The molecule has 18 heavy (non-hydrogen) atoms. The second-order valence-corrected chi connectivity index (χ2v) is 5.02. The standard InChI is InChI=1S/C12H22N4O.ClH/c1-4-5-12-14-11(15-17-12)8-16-6-9(2)13-10(3)7-16;/h9-10,13H,4-8H2,1-3H3;1H. The van der Waals surface area contributed by atoms with Crippen molar-refractivity contribution in [3.63, 3.8) is 0 Å². The van der Waals surface area contributed by atoms with E-state index in [1.165, 1.54) is 0 Å². The second-order valence-electron chi connectivity index (χ2n) is 5.02. The largest absolute Gasteiger partial charge is 0.339 e. The lowest BCUT2D eigenvalue weighted by Crippen LogP contribution is -2.53. The van der Waals surface area contributed by atoms with Gasteiger partial charge in [-0.15, -0.1) is 12.4 Å². The molecule has 6 heteroatoms. The number of hydrogen-bond acceptors (Lipinski definition) is 5. The Hall–Kier alpha value is -0.650. The molecule has 2 rings (SSSR count). The predicted molar refractivity (Wildman–Crippen MR) is 72.9 cm³/mol. The number of hydrogen-bond donors (Lipinski definition) is 1. The van der Waals surface area contributed by atoms with E-state index in [1.807, 2.05) is 0 Å². The molecule has 0 spiro atoms. The third kappa shape index (κ3) is 4.23. The minimum atomic E-state index is 0. The van der Waals surface area contributed by atoms with Gasteiger partial charge in [-0.2, -0.15) is 4.98 Å². The Labute approximate surface area is 115 Å². The lowest BCUT2D eigenvalue weighted by atomic mass is 10.1. The first-order chi connectivity index (χ1) is 8.17. The fourth-order valence-corrected chi connectivity index (χ4v) is 2.44. The van der Waals surface area contributed by atoms with E-state index in [0.29, 0.717) is 12.1 Å². The fraction of sp³-hybridized carbons (Fsp3) is 0.833. The van der Waals surface area contributed by atoms with E-state index in [9.17, 15) is 0 Å². The van der Waals surface area contributed by atoms with Crippen LogP contribution in [0.4, 0.5) is 0 Å². The summed E-state index contributed by atoms with van der Waals surface area (Å²) in [6.07, 6.45) is 1.92. The molecule has 0 saturated carbocycles. The summed E-state index contributed by atoms with van der Waals surface area (Å²) in [7, 11) is 0. The number of nitrogens with one attached hydrogen (secondary N) is 1. The van der Waals surface area contributed by atoms with Crippen LogP contribution in [-0.4, -0.2) is 40.2 Å². The van der Waals surface area contributed by atoms with Gasteiger partial charge in [0.1, 0.15) is 0 Å². The summed E-state index contributed by atoms with van der Waals surface area (Å²) in [5, 5.41) is 7.55. The van der Waals surface area contributed by atoms with Crippen LogP contribution in [0.2, 0.25) is 0 Å². The normalized spacial score (nSPS) is 24.8. The van der Waals surface area contributed by atoms with Crippen molar-refractivity contribution in [2.24, 2.45) is 0 Å². The van der Waals surface area contributed by atoms with E-state index in [1.54, 1.807) is 0 Å². The summed E-state index contributed by atoms with van der Waals surface area (Å²) in [6, 6.07) is 1.06. The maximum absolute atomic E-state index is 5.20. The fourth-order valence-electron chi connectivity index (χ4n) is 2.44. The molecule has 5 nitrogen and oxygen atoms in total. The molecule has 1 aliphatic rings. The van der Waals surface area contributed by atoms with Crippen LogP contribution in [0.5, 0.6) is 0 Å². The van der Waals surface area contributed by atoms with Crippen molar-refractivity contribution in [3.05, 3.63) is 11.7 Å². The van der Waals surface area contributed by atoms with Crippen LogP contribution in [0.25, 0.3) is 0 Å². The van der Waals surface area contributed by atoms with Gasteiger partial charge < -0.3 is 9.84 Å². The molecule has 0 aromatic carbocycles. The van der Waals surface area contributed by atoms with E-state index in [0.717, 1.165) is 44.2 Å². The van der Waals surface area contributed by atoms with E-state index in [4.69, 9.17) is 4.52 Å². The Morgan fingerprint density at radius 2 is 2.00 bits per heavy atom. The monoisotopic (exact) mass is 274 g/mol. The molecule has 1 aromatic rings. The minimum absolute atomic E-state index is 0. The van der Waals surface area contributed by atoms with Crippen molar-refractivity contribution in [2.75, 3.05) is 13.1 Å². The SMILES string of the molecule is CCCc1nc(CN2CC(C)NC(C)C2)no1.Cl. The summed E-state index contributed by atoms with van der Waals surface area (Å²) >= 11 is 0. The van der Waals surface area contributed by atoms with Gasteiger partial charge in [-0.25, -0.2) is 0 Å². The molecule has 0 bridgehead atoms. The zero-order valence-corrected chi connectivity index (χ0v) is 12.2. The number of piperazine rings is 1. The highest BCUT2D eigenvalue weighted by atomic mass is 35.5. The van der Waals surface area contributed by atoms with Crippen molar-refractivity contribution >= 4 is 12.4 Å². The van der Waals surface area contributed by atoms with Crippen LogP contribution in [0.1, 0.15) is 38.9 Å². The molecule has 0 amide bonds. The maximum atomic E-state index is 5.20. The van der Waals surface area contributed by atoms with E-state index in [-0.39, 0.29) is 12.4 Å². The number of halogens is 1. The summed E-state index contributed by atoms with van der Waals surface area (Å²) in [5.74, 6) is 1.58. The van der Waals surface area contributed by atoms with Crippen molar-refractivity contribution in [2.45, 2.75) is 52.2 Å². The first-order valence-electron chi connectivity index (χ1n) is 6.47. The highest BCUT2D eigenvalue weighted by molar-refractivity contribution is 5.85. The molecule has 2 unspecified atom stereocenters. The molecule has 0 aliphatic carbocycles. The van der Waals surface area contributed by atoms with Crippen LogP contribution < -0.4 is 5.32 Å². The van der Waals surface area contributed by atoms with Gasteiger partial charge >= 0.3 is 0 Å². The van der Waals surface area contributed by atoms with Crippen LogP contribution in [-0.2, 0) is 13.0 Å². The van der Waals surface area contributed by atoms with Crippen molar-refractivity contribution < 1.29 is 4.52 Å². The van der Waals surface area contributed by atoms with Gasteiger partial charge in [0.2, 0.25) is 5.89 Å². The van der Waals surface area contributed by atoms with Gasteiger partial charge in [0.25, 0.3) is 0 Å². The zero-order chi connectivity index (χ0) is 12.3. The van der Waals surface area contributed by atoms with Gasteiger partial charge in [0, 0.05) is 31.6 Å². The average Bonchev–Trinajstić information content (AvgIpc) is 2.64. The van der Waals surface area contributed by atoms with Crippen molar-refractivity contribution in [1.82, 2.24) is 20.4 Å². The molecule has 1 aromatic heterocycles. The first-order valence-corrected chi connectivity index (χ1v) is 6.47. The van der Waals surface area contributed by atoms with Gasteiger partial charge in [0.15, 0.2) is 5.82 Å². The number of rotatable bonds is 4. The number of nitrogens with zero attached hydrogens (tertiary/aromatic N) is 3. The van der Waals surface area contributed by atoms with Crippen LogP contribution in [0.3, 0.4) is 0 Å². The number of aryl methyl sites for hydroxylation is 1. The Kier molecular flexibility index (Phi) is 6.05. The molecular weight excluding hydrogens is 252 g/mol. The van der Waals surface area contributed by atoms with E-state index < -0.39 is 0 Å². The highest BCUT2D eigenvalue weighted by Crippen LogP contribution is 2.09. The Bertz CT molecular complexity index is 348. The van der Waals surface area contributed by atoms with Crippen LogP contribution in [0.15, 0.2) is 4.52 Å². The summed E-state index contributed by atoms with van der Waals surface area (Å²) in [6.45, 7) is 9.42. The summed E-state index contributed by atoms with van der Waals surface area (Å²) in [5.41, 5.74) is 0. The minimum Gasteiger partial charge on any atom is -0.339 e. The third-order valence-corrected chi connectivity index (χ3v) is 2.97. The van der Waals surface area contributed by atoms with Crippen molar-refractivity contribution in [1.29, 1.82) is 0 Å². The topological polar surface area (TPSA) is 54.2 Å². The average molecular weight is 275 g/mol. The molecule has 1 saturated heterocycles. The zero-order valence-electron chi connectivity index (χ0n) is 11.3. The quantitative estimate of drug-likeness (QED) is 0.904. The Morgan fingerprint density at radius 1 is 1.33 bits per heavy atom. The van der Waals surface area contributed by atoms with Gasteiger partial charge in [-0.3, -0.25) is 4.90 Å². The first kappa shape index (κ1) is 15.4. The van der Waals surface area contributed by atoms with Crippen LogP contribution >= 0.6 is 12.4 Å². The van der Waals surface area contributed by atoms with Gasteiger partial charge in [-0.1, -0.05) is 12.1 Å². The molecule has 1 aliphatic heterocycles. The number of aromatic nitrogens is 2.